The van der Waals surface area contributed by atoms with E-state index in [1.807, 2.05) is 17.0 Å². The summed E-state index contributed by atoms with van der Waals surface area (Å²) in [6, 6.07) is 18.6. The number of carbonyl (C=O) groups is 1. The third-order valence-corrected chi connectivity index (χ3v) is 7.33. The molecule has 3 aliphatic heterocycles. The summed E-state index contributed by atoms with van der Waals surface area (Å²) in [7, 11) is 1.68. The molecular formula is C28H29N3O3. The molecule has 3 aromatic rings. The number of aromatic nitrogens is 1. The molecule has 1 saturated heterocycles. The quantitative estimate of drug-likeness (QED) is 0.591. The number of carbonyl (C=O) groups excluding carboxylic acids is 1. The molecule has 2 unspecified atom stereocenters. The van der Waals surface area contributed by atoms with Crippen LogP contribution >= 0.6 is 0 Å². The average Bonchev–Trinajstić information content (AvgIpc) is 3.15. The Morgan fingerprint density at radius 3 is 2.62 bits per heavy atom. The molecular weight excluding hydrogens is 426 g/mol. The molecule has 4 heterocycles. The number of rotatable bonds is 4. The molecule has 0 spiro atoms. The van der Waals surface area contributed by atoms with Crippen molar-refractivity contribution in [3.8, 4) is 5.75 Å². The topological polar surface area (TPSA) is 54.9 Å². The van der Waals surface area contributed by atoms with Gasteiger partial charge in [0.1, 0.15) is 11.8 Å². The fraction of sp³-hybridized carbons (Fsp3) is 0.357. The van der Waals surface area contributed by atoms with Crippen LogP contribution in [0.4, 0.5) is 5.69 Å². The van der Waals surface area contributed by atoms with Gasteiger partial charge in [0, 0.05) is 26.1 Å². The molecule has 34 heavy (non-hydrogen) atoms. The Balaban J connectivity index is 1.51. The Morgan fingerprint density at radius 2 is 1.85 bits per heavy atom. The number of pyridine rings is 1. The first-order valence-electron chi connectivity index (χ1n) is 12.0. The van der Waals surface area contributed by atoms with E-state index in [0.717, 1.165) is 53.5 Å². The maximum absolute atomic E-state index is 13.7. The van der Waals surface area contributed by atoms with Crippen LogP contribution in [0.2, 0.25) is 0 Å². The van der Waals surface area contributed by atoms with Gasteiger partial charge in [-0.25, -0.2) is 0 Å². The number of hydrogen-bond donors (Lipinski definition) is 0. The number of benzene rings is 2. The minimum Gasteiger partial charge on any atom is -0.497 e. The average molecular weight is 456 g/mol. The molecule has 3 aliphatic rings. The summed E-state index contributed by atoms with van der Waals surface area (Å²) in [5.41, 5.74) is 7.28. The Bertz CT molecular complexity index is 1240. The van der Waals surface area contributed by atoms with Crippen LogP contribution in [-0.4, -0.2) is 55.7 Å². The van der Waals surface area contributed by atoms with Gasteiger partial charge in [-0.3, -0.25) is 9.78 Å². The summed E-state index contributed by atoms with van der Waals surface area (Å²) in [5, 5.41) is 0. The van der Waals surface area contributed by atoms with Crippen LogP contribution in [-0.2, 0) is 11.2 Å². The van der Waals surface area contributed by atoms with Crippen molar-refractivity contribution in [1.82, 2.24) is 9.88 Å². The van der Waals surface area contributed by atoms with E-state index < -0.39 is 0 Å². The van der Waals surface area contributed by atoms with Crippen LogP contribution in [0.25, 0.3) is 0 Å². The predicted molar refractivity (Wildman–Crippen MR) is 131 cm³/mol. The SMILES string of the molecule is COc1ccc2c(c1)C1c3nc(Cc4ccccc4)c(N4CCOCC4)cc3C(=O)N1CC2C. The molecule has 2 atom stereocenters. The van der Waals surface area contributed by atoms with Crippen LogP contribution < -0.4 is 9.64 Å². The van der Waals surface area contributed by atoms with E-state index in [1.54, 1.807) is 7.11 Å². The number of hydrogen-bond acceptors (Lipinski definition) is 5. The largest absolute Gasteiger partial charge is 0.497 e. The van der Waals surface area contributed by atoms with Crippen molar-refractivity contribution < 1.29 is 14.3 Å². The number of morpholine rings is 1. The molecule has 0 aliphatic carbocycles. The minimum absolute atomic E-state index is 0.0774. The Morgan fingerprint density at radius 1 is 1.06 bits per heavy atom. The number of nitrogens with zero attached hydrogens (tertiary/aromatic N) is 3. The van der Waals surface area contributed by atoms with Gasteiger partial charge in [0.15, 0.2) is 0 Å². The molecule has 0 bridgehead atoms. The molecule has 0 saturated carbocycles. The fourth-order valence-electron chi connectivity index (χ4n) is 5.62. The highest BCUT2D eigenvalue weighted by molar-refractivity contribution is 6.00. The zero-order valence-electron chi connectivity index (χ0n) is 19.7. The Labute approximate surface area is 200 Å². The van der Waals surface area contributed by atoms with Gasteiger partial charge in [0.2, 0.25) is 0 Å². The molecule has 0 radical (unpaired) electrons. The molecule has 0 N–H and O–H groups in total. The summed E-state index contributed by atoms with van der Waals surface area (Å²) in [5.74, 6) is 1.15. The van der Waals surface area contributed by atoms with E-state index in [0.29, 0.717) is 19.8 Å². The number of fused-ring (bicyclic) bond motifs is 5. The van der Waals surface area contributed by atoms with Gasteiger partial charge in [-0.1, -0.05) is 43.3 Å². The molecule has 6 nitrogen and oxygen atoms in total. The summed E-state index contributed by atoms with van der Waals surface area (Å²) in [6.45, 7) is 5.87. The minimum atomic E-state index is -0.169. The Hall–Kier alpha value is -3.38. The molecule has 2 aromatic carbocycles. The van der Waals surface area contributed by atoms with Crippen molar-refractivity contribution in [2.45, 2.75) is 25.3 Å². The van der Waals surface area contributed by atoms with Crippen molar-refractivity contribution in [3.63, 3.8) is 0 Å². The predicted octanol–water partition coefficient (Wildman–Crippen LogP) is 4.18. The standard InChI is InChI=1S/C28H29N3O3/c1-18-17-31-27(22-15-20(33-2)8-9-21(18)22)26-23(28(31)32)16-25(30-10-12-34-13-11-30)24(29-26)14-19-6-4-3-5-7-19/h3-9,15-16,18,27H,10-14,17H2,1-2H3. The summed E-state index contributed by atoms with van der Waals surface area (Å²) in [4.78, 5) is 23.2. The van der Waals surface area contributed by atoms with Crippen LogP contribution in [0, 0.1) is 0 Å². The van der Waals surface area contributed by atoms with E-state index in [4.69, 9.17) is 14.5 Å². The lowest BCUT2D eigenvalue weighted by Crippen LogP contribution is -2.37. The number of amides is 1. The molecule has 1 amide bonds. The van der Waals surface area contributed by atoms with Gasteiger partial charge in [-0.05, 0) is 40.8 Å². The van der Waals surface area contributed by atoms with Crippen molar-refractivity contribution in [3.05, 3.63) is 88.2 Å². The maximum Gasteiger partial charge on any atom is 0.256 e. The lowest BCUT2D eigenvalue weighted by atomic mass is 9.86. The van der Waals surface area contributed by atoms with Crippen LogP contribution in [0.1, 0.15) is 57.3 Å². The summed E-state index contributed by atoms with van der Waals surface area (Å²) >= 11 is 0. The van der Waals surface area contributed by atoms with E-state index in [9.17, 15) is 4.79 Å². The van der Waals surface area contributed by atoms with Gasteiger partial charge in [0.25, 0.3) is 5.91 Å². The molecule has 6 heteroatoms. The third kappa shape index (κ3) is 3.44. The van der Waals surface area contributed by atoms with Crippen LogP contribution in [0.15, 0.2) is 54.6 Å². The first-order valence-corrected chi connectivity index (χ1v) is 12.0. The lowest BCUT2D eigenvalue weighted by molar-refractivity contribution is 0.0724. The third-order valence-electron chi connectivity index (χ3n) is 7.33. The fourth-order valence-corrected chi connectivity index (χ4v) is 5.62. The maximum atomic E-state index is 13.7. The first kappa shape index (κ1) is 21.2. The lowest BCUT2D eigenvalue weighted by Gasteiger charge is -2.36. The van der Waals surface area contributed by atoms with Crippen molar-refractivity contribution in [2.24, 2.45) is 0 Å². The molecule has 6 rings (SSSR count). The number of methoxy groups -OCH3 is 1. The van der Waals surface area contributed by atoms with Gasteiger partial charge >= 0.3 is 0 Å². The van der Waals surface area contributed by atoms with Gasteiger partial charge < -0.3 is 19.3 Å². The van der Waals surface area contributed by atoms with Gasteiger partial charge in [-0.15, -0.1) is 0 Å². The van der Waals surface area contributed by atoms with Crippen molar-refractivity contribution >= 4 is 11.6 Å². The summed E-state index contributed by atoms with van der Waals surface area (Å²) in [6.07, 6.45) is 0.725. The second-order valence-electron chi connectivity index (χ2n) is 9.40. The highest BCUT2D eigenvalue weighted by atomic mass is 16.5. The van der Waals surface area contributed by atoms with Crippen LogP contribution in [0.5, 0.6) is 5.75 Å². The van der Waals surface area contributed by atoms with E-state index in [-0.39, 0.29) is 17.9 Å². The van der Waals surface area contributed by atoms with Crippen molar-refractivity contribution in [1.29, 1.82) is 0 Å². The smallest absolute Gasteiger partial charge is 0.256 e. The highest BCUT2D eigenvalue weighted by Crippen LogP contribution is 2.47. The zero-order chi connectivity index (χ0) is 23.2. The van der Waals surface area contributed by atoms with Gasteiger partial charge in [0.05, 0.1) is 43.0 Å². The second-order valence-corrected chi connectivity index (χ2v) is 9.40. The first-order chi connectivity index (χ1) is 16.6. The summed E-state index contributed by atoms with van der Waals surface area (Å²) < 4.78 is 11.1. The molecule has 1 fully saturated rings. The molecule has 1 aromatic heterocycles. The van der Waals surface area contributed by atoms with E-state index in [2.05, 4.69) is 54.3 Å². The van der Waals surface area contributed by atoms with E-state index in [1.165, 1.54) is 11.1 Å². The second kappa shape index (κ2) is 8.44. The molecule has 174 valence electrons. The number of anilines is 1. The van der Waals surface area contributed by atoms with Gasteiger partial charge in [-0.2, -0.15) is 0 Å². The zero-order valence-corrected chi connectivity index (χ0v) is 19.7. The van der Waals surface area contributed by atoms with Crippen LogP contribution in [0.3, 0.4) is 0 Å². The monoisotopic (exact) mass is 455 g/mol. The van der Waals surface area contributed by atoms with Crippen molar-refractivity contribution in [2.75, 3.05) is 44.9 Å². The number of ether oxygens (including phenoxy) is 2. The highest BCUT2D eigenvalue weighted by Gasteiger charge is 2.45. The van der Waals surface area contributed by atoms with E-state index >= 15 is 0 Å². The Kier molecular flexibility index (Phi) is 5.26. The normalized spacial score (nSPS) is 21.2.